The van der Waals surface area contributed by atoms with Gasteiger partial charge in [-0.1, -0.05) is 13.8 Å². The van der Waals surface area contributed by atoms with Crippen molar-refractivity contribution in [1.29, 1.82) is 0 Å². The van der Waals surface area contributed by atoms with Crippen LogP contribution in [-0.2, 0) is 15.3 Å². The van der Waals surface area contributed by atoms with Crippen LogP contribution in [0.4, 0.5) is 10.3 Å². The Balaban J connectivity index is 2.49. The third-order valence-electron chi connectivity index (χ3n) is 2.94. The molecular weight excluding hydrogens is 309 g/mol. The molecule has 0 saturated carbocycles. The predicted octanol–water partition coefficient (Wildman–Crippen LogP) is 2.30. The van der Waals surface area contributed by atoms with E-state index in [1.807, 2.05) is 13.8 Å². The number of hydrogen-bond acceptors (Lipinski definition) is 6. The highest BCUT2D eigenvalue weighted by Crippen LogP contribution is 2.24. The van der Waals surface area contributed by atoms with Crippen molar-refractivity contribution in [3.8, 4) is 11.3 Å². The molecular formula is C14H16FN3O3S. The third kappa shape index (κ3) is 3.99. The lowest BCUT2D eigenvalue weighted by Crippen LogP contribution is -2.20. The predicted molar refractivity (Wildman–Crippen MR) is 81.3 cm³/mol. The normalized spacial score (nSPS) is 11.2. The molecule has 6 nitrogen and oxygen atoms in total. The van der Waals surface area contributed by atoms with E-state index < -0.39 is 11.0 Å². The summed E-state index contributed by atoms with van der Waals surface area (Å²) >= 11 is 0. The van der Waals surface area contributed by atoms with Crippen LogP contribution in [0, 0.1) is 5.82 Å². The summed E-state index contributed by atoms with van der Waals surface area (Å²) in [5.74, 6) is -0.119. The van der Waals surface area contributed by atoms with Crippen LogP contribution < -0.4 is 5.06 Å². The first-order valence-corrected chi connectivity index (χ1v) is 7.67. The lowest BCUT2D eigenvalue weighted by atomic mass is 10.1. The lowest BCUT2D eigenvalue weighted by Gasteiger charge is -2.16. The van der Waals surface area contributed by atoms with Crippen LogP contribution in [0.2, 0.25) is 0 Å². The number of halogens is 1. The van der Waals surface area contributed by atoms with Crippen LogP contribution in [0.3, 0.4) is 0 Å². The summed E-state index contributed by atoms with van der Waals surface area (Å²) in [7, 11) is -1.66. The Hall–Kier alpha value is -2.06. The Labute approximate surface area is 129 Å². The van der Waals surface area contributed by atoms with Gasteiger partial charge in [-0.2, -0.15) is 0 Å². The Kier molecular flexibility index (Phi) is 5.04. The average molecular weight is 325 g/mol. The number of aromatic nitrogens is 2. The van der Waals surface area contributed by atoms with Gasteiger partial charge in [-0.25, -0.2) is 27.8 Å². The number of thiol groups is 1. The molecule has 0 spiro atoms. The Morgan fingerprint density at radius 1 is 1.18 bits per heavy atom. The Morgan fingerprint density at radius 3 is 2.36 bits per heavy atom. The Bertz CT molecular complexity index is 725. The van der Waals surface area contributed by atoms with Crippen molar-refractivity contribution >= 4 is 16.9 Å². The van der Waals surface area contributed by atoms with E-state index in [0.717, 1.165) is 10.8 Å². The minimum absolute atomic E-state index is 0.107. The molecule has 0 aliphatic heterocycles. The minimum atomic E-state index is -3.06. The number of anilines is 1. The van der Waals surface area contributed by atoms with Crippen LogP contribution >= 0.6 is 0 Å². The number of nitrogens with zero attached hydrogens (tertiary/aromatic N) is 3. The standard InChI is InChI=1S/C14H16FN3O3S/c1-9(2)12-8-13(10-4-6-11(15)7-5-10)17-14(16-12)18(3)21-22(19)20/h4-9,22H,1-3H3. The minimum Gasteiger partial charge on any atom is -0.216 e. The summed E-state index contributed by atoms with van der Waals surface area (Å²) in [5.41, 5.74) is 1.98. The van der Waals surface area contributed by atoms with Gasteiger partial charge in [-0.3, -0.25) is 0 Å². The number of hydrogen-bond donors (Lipinski definition) is 1. The zero-order chi connectivity index (χ0) is 16.3. The highest BCUT2D eigenvalue weighted by atomic mass is 32.2. The van der Waals surface area contributed by atoms with E-state index in [2.05, 4.69) is 14.3 Å². The molecule has 0 saturated heterocycles. The molecule has 0 bridgehead atoms. The van der Waals surface area contributed by atoms with E-state index in [0.29, 0.717) is 11.3 Å². The van der Waals surface area contributed by atoms with Gasteiger partial charge in [0.2, 0.25) is 0 Å². The van der Waals surface area contributed by atoms with Crippen LogP contribution in [-0.4, -0.2) is 25.4 Å². The van der Waals surface area contributed by atoms with Gasteiger partial charge in [-0.15, -0.1) is 4.28 Å². The first-order chi connectivity index (χ1) is 10.4. The topological polar surface area (TPSA) is 72.4 Å². The molecule has 0 aliphatic rings. The third-order valence-corrected chi connectivity index (χ3v) is 3.31. The molecule has 2 aromatic rings. The molecule has 2 rings (SSSR count). The molecule has 0 radical (unpaired) electrons. The summed E-state index contributed by atoms with van der Waals surface area (Å²) in [6.45, 7) is 3.91. The van der Waals surface area contributed by atoms with Crippen molar-refractivity contribution in [2.45, 2.75) is 19.8 Å². The maximum Gasteiger partial charge on any atom is 0.278 e. The van der Waals surface area contributed by atoms with Crippen LogP contribution in [0.15, 0.2) is 30.3 Å². The van der Waals surface area contributed by atoms with Gasteiger partial charge >= 0.3 is 0 Å². The summed E-state index contributed by atoms with van der Waals surface area (Å²) in [6.07, 6.45) is 0. The zero-order valence-corrected chi connectivity index (χ0v) is 13.3. The molecule has 0 atom stereocenters. The number of rotatable bonds is 5. The fourth-order valence-electron chi connectivity index (χ4n) is 1.79. The summed E-state index contributed by atoms with van der Waals surface area (Å²) < 4.78 is 39.0. The smallest absolute Gasteiger partial charge is 0.216 e. The fraction of sp³-hybridized carbons (Fsp3) is 0.286. The molecule has 0 amide bonds. The van der Waals surface area contributed by atoms with Gasteiger partial charge in [0.25, 0.3) is 16.9 Å². The monoisotopic (exact) mass is 325 g/mol. The van der Waals surface area contributed by atoms with Crippen molar-refractivity contribution in [2.24, 2.45) is 0 Å². The van der Waals surface area contributed by atoms with Gasteiger partial charge in [0, 0.05) is 18.3 Å². The molecule has 22 heavy (non-hydrogen) atoms. The van der Waals surface area contributed by atoms with Gasteiger partial charge in [-0.05, 0) is 36.2 Å². The summed E-state index contributed by atoms with van der Waals surface area (Å²) in [6, 6.07) is 7.65. The van der Waals surface area contributed by atoms with Crippen LogP contribution in [0.5, 0.6) is 0 Å². The fourth-order valence-corrected chi connectivity index (χ4v) is 2.07. The van der Waals surface area contributed by atoms with E-state index in [1.54, 1.807) is 18.2 Å². The summed E-state index contributed by atoms with van der Waals surface area (Å²) in [5, 5.41) is 0.977. The second-order valence-corrected chi connectivity index (χ2v) is 5.55. The van der Waals surface area contributed by atoms with E-state index in [4.69, 9.17) is 0 Å². The molecule has 1 aromatic heterocycles. The molecule has 0 fully saturated rings. The maximum atomic E-state index is 13.0. The lowest BCUT2D eigenvalue weighted by molar-refractivity contribution is 0.313. The molecule has 118 valence electrons. The highest BCUT2D eigenvalue weighted by molar-refractivity contribution is 7.67. The summed E-state index contributed by atoms with van der Waals surface area (Å²) in [4.78, 5) is 8.55. The molecule has 1 aromatic carbocycles. The van der Waals surface area contributed by atoms with Crippen molar-refractivity contribution in [3.63, 3.8) is 0 Å². The molecule has 0 aliphatic carbocycles. The van der Waals surface area contributed by atoms with Gasteiger partial charge in [0.1, 0.15) is 5.82 Å². The van der Waals surface area contributed by atoms with Crippen molar-refractivity contribution in [2.75, 3.05) is 12.1 Å². The molecule has 1 heterocycles. The second-order valence-electron chi connectivity index (χ2n) is 4.94. The highest BCUT2D eigenvalue weighted by Gasteiger charge is 2.13. The first-order valence-electron chi connectivity index (χ1n) is 6.58. The van der Waals surface area contributed by atoms with E-state index in [9.17, 15) is 12.8 Å². The molecule has 8 heteroatoms. The van der Waals surface area contributed by atoms with Crippen molar-refractivity contribution in [3.05, 3.63) is 41.8 Å². The quantitative estimate of drug-likeness (QED) is 0.672. The van der Waals surface area contributed by atoms with E-state index in [-0.39, 0.29) is 17.7 Å². The number of hydroxylamine groups is 1. The first kappa shape index (κ1) is 16.3. The Morgan fingerprint density at radius 2 is 1.82 bits per heavy atom. The largest absolute Gasteiger partial charge is 0.278 e. The van der Waals surface area contributed by atoms with E-state index >= 15 is 0 Å². The van der Waals surface area contributed by atoms with Crippen molar-refractivity contribution in [1.82, 2.24) is 9.97 Å². The molecule has 0 N–H and O–H groups in total. The molecule has 0 unspecified atom stereocenters. The van der Waals surface area contributed by atoms with Gasteiger partial charge < -0.3 is 0 Å². The average Bonchev–Trinajstić information content (AvgIpc) is 2.46. The van der Waals surface area contributed by atoms with Gasteiger partial charge in [0.15, 0.2) is 0 Å². The second kappa shape index (κ2) is 6.80. The van der Waals surface area contributed by atoms with E-state index in [1.165, 1.54) is 19.2 Å². The van der Waals surface area contributed by atoms with Crippen LogP contribution in [0.25, 0.3) is 11.3 Å². The van der Waals surface area contributed by atoms with Crippen molar-refractivity contribution < 1.29 is 17.1 Å². The van der Waals surface area contributed by atoms with Gasteiger partial charge in [0.05, 0.1) is 5.69 Å². The van der Waals surface area contributed by atoms with Crippen LogP contribution in [0.1, 0.15) is 25.5 Å². The SMILES string of the molecule is CC(C)c1cc(-c2ccc(F)cc2)nc(N(C)O[SH](=O)=O)n1. The maximum absolute atomic E-state index is 13.0. The number of benzene rings is 1. The zero-order valence-electron chi connectivity index (χ0n) is 12.4.